The van der Waals surface area contributed by atoms with Gasteiger partial charge in [-0.05, 0) is 31.2 Å². The first-order valence-corrected chi connectivity index (χ1v) is 6.89. The molecule has 1 aromatic heterocycles. The number of anilines is 1. The Bertz CT molecular complexity index is 800. The van der Waals surface area contributed by atoms with Crippen LogP contribution in [0.25, 0.3) is 0 Å². The first kappa shape index (κ1) is 17.1. The average Bonchev–Trinajstić information content (AvgIpc) is 2.44. The fourth-order valence-electron chi connectivity index (χ4n) is 1.96. The molecule has 2 rings (SSSR count). The summed E-state index contributed by atoms with van der Waals surface area (Å²) in [5.41, 5.74) is -0.906. The van der Waals surface area contributed by atoms with Gasteiger partial charge in [0.2, 0.25) is 5.91 Å². The molecule has 23 heavy (non-hydrogen) atoms. The van der Waals surface area contributed by atoms with Gasteiger partial charge in [0.1, 0.15) is 6.54 Å². The van der Waals surface area contributed by atoms with Gasteiger partial charge in [-0.15, -0.1) is 0 Å². The van der Waals surface area contributed by atoms with Crippen LogP contribution in [-0.2, 0) is 17.5 Å². The minimum absolute atomic E-state index is 0.0246. The number of rotatable bonds is 3. The van der Waals surface area contributed by atoms with Crippen molar-refractivity contribution in [1.29, 1.82) is 0 Å². The van der Waals surface area contributed by atoms with Crippen LogP contribution >= 0.6 is 11.6 Å². The molecule has 8 heteroatoms. The maximum absolute atomic E-state index is 12.7. The normalized spacial score (nSPS) is 11.3. The van der Waals surface area contributed by atoms with Gasteiger partial charge in [-0.2, -0.15) is 13.2 Å². The number of hydrogen-bond acceptors (Lipinski definition) is 2. The number of benzene rings is 1. The van der Waals surface area contributed by atoms with Gasteiger partial charge in [-0.3, -0.25) is 9.59 Å². The quantitative estimate of drug-likeness (QED) is 0.927. The first-order valence-electron chi connectivity index (χ1n) is 6.51. The van der Waals surface area contributed by atoms with E-state index in [0.717, 1.165) is 18.2 Å². The molecule has 0 aliphatic rings. The lowest BCUT2D eigenvalue weighted by Crippen LogP contribution is -2.28. The molecule has 0 aliphatic carbocycles. The second-order valence-corrected chi connectivity index (χ2v) is 5.24. The molecule has 0 saturated carbocycles. The number of nitrogens with one attached hydrogen (secondary N) is 1. The molecule has 0 fully saturated rings. The monoisotopic (exact) mass is 344 g/mol. The Kier molecular flexibility index (Phi) is 4.79. The highest BCUT2D eigenvalue weighted by Crippen LogP contribution is 2.33. The van der Waals surface area contributed by atoms with E-state index in [4.69, 9.17) is 11.6 Å². The Hall–Kier alpha value is -2.28. The predicted molar refractivity (Wildman–Crippen MR) is 80.5 cm³/mol. The Morgan fingerprint density at radius 3 is 2.57 bits per heavy atom. The first-order chi connectivity index (χ1) is 10.7. The maximum atomic E-state index is 12.7. The number of nitrogens with zero attached hydrogens (tertiary/aromatic N) is 1. The zero-order valence-corrected chi connectivity index (χ0v) is 12.7. The van der Waals surface area contributed by atoms with E-state index in [1.54, 1.807) is 19.1 Å². The number of amides is 1. The molecule has 0 bridgehead atoms. The van der Waals surface area contributed by atoms with Crippen molar-refractivity contribution in [3.8, 4) is 0 Å². The molecule has 0 unspecified atom stereocenters. The molecule has 1 heterocycles. The van der Waals surface area contributed by atoms with Crippen LogP contribution in [0.5, 0.6) is 0 Å². The molecule has 4 nitrogen and oxygen atoms in total. The maximum Gasteiger partial charge on any atom is 0.416 e. The molecule has 1 aromatic carbocycles. The van der Waals surface area contributed by atoms with Crippen molar-refractivity contribution in [2.75, 3.05) is 5.32 Å². The van der Waals surface area contributed by atoms with E-state index in [1.807, 2.05) is 0 Å². The van der Waals surface area contributed by atoms with Crippen molar-refractivity contribution in [1.82, 2.24) is 4.57 Å². The number of carbonyl (C=O) groups excluding carboxylic acids is 1. The fraction of sp³-hybridized carbons (Fsp3) is 0.200. The van der Waals surface area contributed by atoms with Crippen LogP contribution in [-0.4, -0.2) is 10.5 Å². The second-order valence-electron chi connectivity index (χ2n) is 4.83. The summed E-state index contributed by atoms with van der Waals surface area (Å²) in [7, 11) is 0. The van der Waals surface area contributed by atoms with Gasteiger partial charge in [0.15, 0.2) is 0 Å². The fourth-order valence-corrected chi connectivity index (χ4v) is 2.12. The minimum atomic E-state index is -4.54. The third kappa shape index (κ3) is 4.13. The summed E-state index contributed by atoms with van der Waals surface area (Å²) in [5.74, 6) is -0.650. The van der Waals surface area contributed by atoms with Gasteiger partial charge in [0.25, 0.3) is 5.56 Å². The lowest BCUT2D eigenvalue weighted by Gasteiger charge is -2.13. The lowest BCUT2D eigenvalue weighted by atomic mass is 10.2. The summed E-state index contributed by atoms with van der Waals surface area (Å²) < 4.78 is 39.3. The SMILES string of the molecule is Cc1cccc(=O)n1CC(=O)Nc1cc(C(F)(F)F)ccc1Cl. The average molecular weight is 345 g/mol. The third-order valence-electron chi connectivity index (χ3n) is 3.14. The van der Waals surface area contributed by atoms with Crippen molar-refractivity contribution >= 4 is 23.2 Å². The molecule has 0 aliphatic heterocycles. The van der Waals surface area contributed by atoms with Gasteiger partial charge in [-0.25, -0.2) is 0 Å². The summed E-state index contributed by atoms with van der Waals surface area (Å²) in [6, 6.07) is 7.11. The van der Waals surface area contributed by atoms with Gasteiger partial charge < -0.3 is 9.88 Å². The van der Waals surface area contributed by atoms with Crippen molar-refractivity contribution < 1.29 is 18.0 Å². The molecule has 0 atom stereocenters. The number of halogens is 4. The number of aromatic nitrogens is 1. The van der Waals surface area contributed by atoms with Crippen molar-refractivity contribution in [2.24, 2.45) is 0 Å². The molecule has 0 saturated heterocycles. The number of pyridine rings is 1. The molecular weight excluding hydrogens is 333 g/mol. The van der Waals surface area contributed by atoms with E-state index < -0.39 is 17.6 Å². The largest absolute Gasteiger partial charge is 0.416 e. The molecule has 122 valence electrons. The van der Waals surface area contributed by atoms with Crippen LogP contribution in [0.15, 0.2) is 41.2 Å². The molecule has 0 radical (unpaired) electrons. The molecule has 2 aromatic rings. The number of carbonyl (C=O) groups is 1. The van der Waals surface area contributed by atoms with E-state index in [1.165, 1.54) is 10.6 Å². The molecule has 0 spiro atoms. The Morgan fingerprint density at radius 2 is 1.96 bits per heavy atom. The predicted octanol–water partition coefficient (Wildman–Crippen LogP) is 3.47. The van der Waals surface area contributed by atoms with Crippen LogP contribution in [0, 0.1) is 6.92 Å². The lowest BCUT2D eigenvalue weighted by molar-refractivity contribution is -0.137. The minimum Gasteiger partial charge on any atom is -0.323 e. The van der Waals surface area contributed by atoms with E-state index in [2.05, 4.69) is 5.32 Å². The summed E-state index contributed by atoms with van der Waals surface area (Å²) in [6.07, 6.45) is -4.54. The summed E-state index contributed by atoms with van der Waals surface area (Å²) in [4.78, 5) is 23.7. The van der Waals surface area contributed by atoms with E-state index in [-0.39, 0.29) is 22.8 Å². The zero-order valence-electron chi connectivity index (χ0n) is 11.9. The van der Waals surface area contributed by atoms with E-state index >= 15 is 0 Å². The zero-order chi connectivity index (χ0) is 17.2. The van der Waals surface area contributed by atoms with Crippen LogP contribution in [0.2, 0.25) is 5.02 Å². The Balaban J connectivity index is 2.22. The Morgan fingerprint density at radius 1 is 1.26 bits per heavy atom. The molecule has 1 N–H and O–H groups in total. The smallest absolute Gasteiger partial charge is 0.323 e. The van der Waals surface area contributed by atoms with Gasteiger partial charge in [0, 0.05) is 11.8 Å². The second kappa shape index (κ2) is 6.45. The highest BCUT2D eigenvalue weighted by Gasteiger charge is 2.31. The topological polar surface area (TPSA) is 51.1 Å². The number of aryl methyl sites for hydroxylation is 1. The van der Waals surface area contributed by atoms with Crippen LogP contribution in [0.1, 0.15) is 11.3 Å². The van der Waals surface area contributed by atoms with Crippen molar-refractivity contribution in [2.45, 2.75) is 19.6 Å². The summed E-state index contributed by atoms with van der Waals surface area (Å²) in [5, 5.41) is 2.27. The van der Waals surface area contributed by atoms with Gasteiger partial charge in [0.05, 0.1) is 16.3 Å². The number of hydrogen-bond donors (Lipinski definition) is 1. The van der Waals surface area contributed by atoms with Crippen LogP contribution in [0.4, 0.5) is 18.9 Å². The van der Waals surface area contributed by atoms with Crippen molar-refractivity contribution in [3.05, 3.63) is 63.0 Å². The van der Waals surface area contributed by atoms with Gasteiger partial charge >= 0.3 is 6.18 Å². The third-order valence-corrected chi connectivity index (χ3v) is 3.47. The number of alkyl halides is 3. The van der Waals surface area contributed by atoms with Gasteiger partial charge in [-0.1, -0.05) is 17.7 Å². The molecular formula is C15H12ClF3N2O2. The van der Waals surface area contributed by atoms with E-state index in [0.29, 0.717) is 5.69 Å². The summed E-state index contributed by atoms with van der Waals surface area (Å²) >= 11 is 5.81. The van der Waals surface area contributed by atoms with Crippen molar-refractivity contribution in [3.63, 3.8) is 0 Å². The Labute approximate surface area is 134 Å². The van der Waals surface area contributed by atoms with Crippen LogP contribution in [0.3, 0.4) is 0 Å². The standard InChI is InChI=1S/C15H12ClF3N2O2/c1-9-3-2-4-14(23)21(9)8-13(22)20-12-7-10(15(17,18)19)5-6-11(12)16/h2-7H,8H2,1H3,(H,20,22). The molecule has 1 amide bonds. The summed E-state index contributed by atoms with van der Waals surface area (Å²) in [6.45, 7) is 1.32. The highest BCUT2D eigenvalue weighted by molar-refractivity contribution is 6.33. The van der Waals surface area contributed by atoms with E-state index in [9.17, 15) is 22.8 Å². The highest BCUT2D eigenvalue weighted by atomic mass is 35.5. The van der Waals surface area contributed by atoms with Crippen LogP contribution < -0.4 is 10.9 Å².